The van der Waals surface area contributed by atoms with E-state index in [1.807, 2.05) is 4.90 Å². The third-order valence-corrected chi connectivity index (χ3v) is 4.55. The SMILES string of the molecule is O=C(C1CCCN1)N1CCc2[nH]c3ccccc3c2C1. The van der Waals surface area contributed by atoms with Crippen LogP contribution in [0.1, 0.15) is 24.1 Å². The molecule has 0 radical (unpaired) electrons. The quantitative estimate of drug-likeness (QED) is 0.829. The van der Waals surface area contributed by atoms with Crippen molar-refractivity contribution in [3.63, 3.8) is 0 Å². The Balaban J connectivity index is 1.63. The van der Waals surface area contributed by atoms with Gasteiger partial charge in [0, 0.05) is 41.7 Å². The minimum absolute atomic E-state index is 0.0433. The minimum atomic E-state index is 0.0433. The van der Waals surface area contributed by atoms with Gasteiger partial charge in [0.2, 0.25) is 5.91 Å². The standard InChI is InChI=1S/C16H19N3O/c20-16(15-6-3-8-17-15)19-9-7-14-12(10-19)11-4-1-2-5-13(11)18-14/h1-2,4-5,15,17-18H,3,6-10H2. The molecule has 0 aliphatic carbocycles. The smallest absolute Gasteiger partial charge is 0.240 e. The van der Waals surface area contributed by atoms with Gasteiger partial charge < -0.3 is 15.2 Å². The predicted molar refractivity (Wildman–Crippen MR) is 78.4 cm³/mol. The fraction of sp³-hybridized carbons (Fsp3) is 0.438. The normalized spacial score (nSPS) is 22.2. The maximum absolute atomic E-state index is 12.5. The number of carbonyl (C=O) groups is 1. The molecule has 4 nitrogen and oxygen atoms in total. The highest BCUT2D eigenvalue weighted by Crippen LogP contribution is 2.28. The summed E-state index contributed by atoms with van der Waals surface area (Å²) >= 11 is 0. The highest BCUT2D eigenvalue weighted by molar-refractivity contribution is 5.87. The molecule has 0 bridgehead atoms. The van der Waals surface area contributed by atoms with Crippen molar-refractivity contribution in [2.45, 2.75) is 31.8 Å². The third-order valence-electron chi connectivity index (χ3n) is 4.55. The Morgan fingerprint density at radius 2 is 2.20 bits per heavy atom. The fourth-order valence-corrected chi connectivity index (χ4v) is 3.47. The average Bonchev–Trinajstić information content (AvgIpc) is 3.13. The fourth-order valence-electron chi connectivity index (χ4n) is 3.47. The van der Waals surface area contributed by atoms with Gasteiger partial charge in [-0.15, -0.1) is 0 Å². The zero-order valence-corrected chi connectivity index (χ0v) is 11.5. The lowest BCUT2D eigenvalue weighted by Crippen LogP contribution is -2.45. The summed E-state index contributed by atoms with van der Waals surface area (Å²) in [5.74, 6) is 0.276. The van der Waals surface area contributed by atoms with Crippen LogP contribution in [-0.4, -0.2) is 34.9 Å². The van der Waals surface area contributed by atoms with E-state index in [4.69, 9.17) is 0 Å². The number of H-pyrrole nitrogens is 1. The van der Waals surface area contributed by atoms with E-state index >= 15 is 0 Å². The molecule has 20 heavy (non-hydrogen) atoms. The lowest BCUT2D eigenvalue weighted by atomic mass is 10.0. The van der Waals surface area contributed by atoms with Crippen LogP contribution in [-0.2, 0) is 17.8 Å². The van der Waals surface area contributed by atoms with Gasteiger partial charge in [-0.05, 0) is 25.5 Å². The molecule has 4 rings (SSSR count). The van der Waals surface area contributed by atoms with Gasteiger partial charge in [0.15, 0.2) is 0 Å². The van der Waals surface area contributed by atoms with Gasteiger partial charge in [0.25, 0.3) is 0 Å². The van der Waals surface area contributed by atoms with Gasteiger partial charge in [-0.2, -0.15) is 0 Å². The largest absolute Gasteiger partial charge is 0.358 e. The summed E-state index contributed by atoms with van der Waals surface area (Å²) in [6.45, 7) is 2.55. The van der Waals surface area contributed by atoms with E-state index in [1.165, 1.54) is 22.2 Å². The van der Waals surface area contributed by atoms with Crippen LogP contribution in [0.5, 0.6) is 0 Å². The van der Waals surface area contributed by atoms with Crippen molar-refractivity contribution in [2.24, 2.45) is 0 Å². The van der Waals surface area contributed by atoms with Gasteiger partial charge in [-0.1, -0.05) is 18.2 Å². The zero-order valence-electron chi connectivity index (χ0n) is 11.5. The van der Waals surface area contributed by atoms with Gasteiger partial charge >= 0.3 is 0 Å². The number of fused-ring (bicyclic) bond motifs is 3. The summed E-state index contributed by atoms with van der Waals surface area (Å²) < 4.78 is 0. The number of aromatic amines is 1. The van der Waals surface area contributed by atoms with Crippen LogP contribution in [0.3, 0.4) is 0 Å². The number of amides is 1. The molecule has 4 heteroatoms. The first-order valence-electron chi connectivity index (χ1n) is 7.43. The lowest BCUT2D eigenvalue weighted by Gasteiger charge is -2.29. The molecule has 2 aliphatic heterocycles. The second-order valence-electron chi connectivity index (χ2n) is 5.79. The molecule has 2 N–H and O–H groups in total. The first-order chi connectivity index (χ1) is 9.83. The topological polar surface area (TPSA) is 48.1 Å². The molecular formula is C16H19N3O. The molecule has 3 heterocycles. The van der Waals surface area contributed by atoms with Crippen molar-refractivity contribution < 1.29 is 4.79 Å². The van der Waals surface area contributed by atoms with E-state index in [0.717, 1.165) is 38.9 Å². The van der Waals surface area contributed by atoms with Crippen LogP contribution in [0.15, 0.2) is 24.3 Å². The van der Waals surface area contributed by atoms with Gasteiger partial charge in [-0.3, -0.25) is 4.79 Å². The highest BCUT2D eigenvalue weighted by Gasteiger charge is 2.30. The molecule has 1 fully saturated rings. The van der Waals surface area contributed by atoms with E-state index < -0.39 is 0 Å². The summed E-state index contributed by atoms with van der Waals surface area (Å²) in [7, 11) is 0. The number of nitrogens with zero attached hydrogens (tertiary/aromatic N) is 1. The van der Waals surface area contributed by atoms with Crippen LogP contribution >= 0.6 is 0 Å². The van der Waals surface area contributed by atoms with Crippen molar-refractivity contribution in [3.8, 4) is 0 Å². The van der Waals surface area contributed by atoms with Gasteiger partial charge in [0.1, 0.15) is 0 Å². The summed E-state index contributed by atoms with van der Waals surface area (Å²) in [5.41, 5.74) is 3.79. The molecular weight excluding hydrogens is 250 g/mol. The van der Waals surface area contributed by atoms with Crippen molar-refractivity contribution in [1.29, 1.82) is 0 Å². The number of benzene rings is 1. The molecule has 1 unspecified atom stereocenters. The molecule has 0 saturated carbocycles. The Morgan fingerprint density at radius 3 is 3.05 bits per heavy atom. The maximum Gasteiger partial charge on any atom is 0.240 e. The van der Waals surface area contributed by atoms with Crippen LogP contribution in [0.4, 0.5) is 0 Å². The second-order valence-corrected chi connectivity index (χ2v) is 5.79. The summed E-state index contributed by atoms with van der Waals surface area (Å²) in [4.78, 5) is 18.0. The summed E-state index contributed by atoms with van der Waals surface area (Å²) in [5, 5.41) is 4.57. The highest BCUT2D eigenvalue weighted by atomic mass is 16.2. The van der Waals surface area contributed by atoms with Crippen molar-refractivity contribution in [1.82, 2.24) is 15.2 Å². The number of para-hydroxylation sites is 1. The molecule has 1 amide bonds. The van der Waals surface area contributed by atoms with E-state index in [2.05, 4.69) is 34.6 Å². The number of nitrogens with one attached hydrogen (secondary N) is 2. The first kappa shape index (κ1) is 12.0. The number of rotatable bonds is 1. The average molecular weight is 269 g/mol. The second kappa shape index (κ2) is 4.63. The Hall–Kier alpha value is -1.81. The molecule has 1 saturated heterocycles. The Bertz CT molecular complexity index is 655. The Kier molecular flexibility index (Phi) is 2.77. The van der Waals surface area contributed by atoms with Crippen LogP contribution < -0.4 is 5.32 Å². The zero-order chi connectivity index (χ0) is 13.5. The minimum Gasteiger partial charge on any atom is -0.358 e. The molecule has 1 aromatic heterocycles. The van der Waals surface area contributed by atoms with E-state index in [9.17, 15) is 4.79 Å². The molecule has 1 atom stereocenters. The van der Waals surface area contributed by atoms with Crippen molar-refractivity contribution in [3.05, 3.63) is 35.5 Å². The summed E-state index contributed by atoms with van der Waals surface area (Å²) in [6.07, 6.45) is 3.03. The molecule has 104 valence electrons. The maximum atomic E-state index is 12.5. The molecule has 2 aliphatic rings. The van der Waals surface area contributed by atoms with Crippen molar-refractivity contribution >= 4 is 16.8 Å². The van der Waals surface area contributed by atoms with Gasteiger partial charge in [-0.25, -0.2) is 0 Å². The number of hydrogen-bond acceptors (Lipinski definition) is 2. The van der Waals surface area contributed by atoms with E-state index in [1.54, 1.807) is 0 Å². The number of aromatic nitrogens is 1. The van der Waals surface area contributed by atoms with Crippen LogP contribution in [0.2, 0.25) is 0 Å². The Labute approximate surface area is 118 Å². The number of hydrogen-bond donors (Lipinski definition) is 2. The lowest BCUT2D eigenvalue weighted by molar-refractivity contribution is -0.134. The third kappa shape index (κ3) is 1.83. The van der Waals surface area contributed by atoms with Crippen LogP contribution in [0, 0.1) is 0 Å². The number of carbonyl (C=O) groups excluding carboxylic acids is 1. The van der Waals surface area contributed by atoms with Crippen molar-refractivity contribution in [2.75, 3.05) is 13.1 Å². The molecule has 1 aromatic carbocycles. The summed E-state index contributed by atoms with van der Waals surface area (Å²) in [6, 6.07) is 8.41. The predicted octanol–water partition coefficient (Wildman–Crippen LogP) is 1.80. The molecule has 2 aromatic rings. The molecule has 0 spiro atoms. The van der Waals surface area contributed by atoms with E-state index in [-0.39, 0.29) is 11.9 Å². The monoisotopic (exact) mass is 269 g/mol. The van der Waals surface area contributed by atoms with Crippen LogP contribution in [0.25, 0.3) is 10.9 Å². The van der Waals surface area contributed by atoms with E-state index in [0.29, 0.717) is 0 Å². The van der Waals surface area contributed by atoms with Gasteiger partial charge in [0.05, 0.1) is 6.04 Å². The Morgan fingerprint density at radius 1 is 1.30 bits per heavy atom. The first-order valence-corrected chi connectivity index (χ1v) is 7.43.